The van der Waals surface area contributed by atoms with Gasteiger partial charge in [-0.1, -0.05) is 12.1 Å². The third kappa shape index (κ3) is 3.81. The van der Waals surface area contributed by atoms with Crippen LogP contribution in [-0.2, 0) is 9.53 Å². The van der Waals surface area contributed by atoms with Crippen molar-refractivity contribution in [3.05, 3.63) is 54.4 Å². The minimum atomic E-state index is -0.811. The van der Waals surface area contributed by atoms with E-state index in [9.17, 15) is 9.59 Å². The van der Waals surface area contributed by atoms with E-state index in [0.29, 0.717) is 17.1 Å². The SMILES string of the molecule is O=C(NCCOC(=O)[C@@H]1COc2ccccc2O1)c1cccnc1. The Balaban J connectivity index is 1.41. The van der Waals surface area contributed by atoms with Gasteiger partial charge in [0.15, 0.2) is 11.5 Å². The summed E-state index contributed by atoms with van der Waals surface area (Å²) in [6.07, 6.45) is 2.24. The first-order valence-corrected chi connectivity index (χ1v) is 7.47. The zero-order chi connectivity index (χ0) is 16.8. The highest BCUT2D eigenvalue weighted by molar-refractivity contribution is 5.93. The number of benzene rings is 1. The number of carbonyl (C=O) groups is 2. The number of hydrogen-bond acceptors (Lipinski definition) is 6. The van der Waals surface area contributed by atoms with Crippen molar-refractivity contribution in [1.82, 2.24) is 10.3 Å². The van der Waals surface area contributed by atoms with Crippen molar-refractivity contribution in [2.45, 2.75) is 6.10 Å². The fourth-order valence-electron chi connectivity index (χ4n) is 2.14. The zero-order valence-corrected chi connectivity index (χ0v) is 12.8. The van der Waals surface area contributed by atoms with E-state index < -0.39 is 12.1 Å². The summed E-state index contributed by atoms with van der Waals surface area (Å²) in [4.78, 5) is 27.6. The molecule has 3 rings (SSSR count). The number of pyridine rings is 1. The standard InChI is InChI=1S/C17H16N2O5/c20-16(12-4-3-7-18-10-12)19-8-9-22-17(21)15-11-23-13-5-1-2-6-14(13)24-15/h1-7,10,15H,8-9,11H2,(H,19,20)/t15-/m0/s1. The number of amides is 1. The van der Waals surface area contributed by atoms with Crippen molar-refractivity contribution in [2.24, 2.45) is 0 Å². The summed E-state index contributed by atoms with van der Waals surface area (Å²) < 4.78 is 16.1. The van der Waals surface area contributed by atoms with Crippen molar-refractivity contribution in [3.8, 4) is 11.5 Å². The second-order valence-electron chi connectivity index (χ2n) is 5.03. The van der Waals surface area contributed by atoms with Crippen LogP contribution in [-0.4, -0.2) is 42.7 Å². The molecule has 124 valence electrons. The minimum Gasteiger partial charge on any atom is -0.485 e. The molecule has 1 aliphatic rings. The van der Waals surface area contributed by atoms with E-state index in [1.165, 1.54) is 6.20 Å². The smallest absolute Gasteiger partial charge is 0.351 e. The molecule has 0 saturated carbocycles. The van der Waals surface area contributed by atoms with Crippen LogP contribution >= 0.6 is 0 Å². The summed E-state index contributed by atoms with van der Waals surface area (Å²) in [6, 6.07) is 10.4. The van der Waals surface area contributed by atoms with Gasteiger partial charge in [-0.15, -0.1) is 0 Å². The number of para-hydroxylation sites is 2. The third-order valence-electron chi connectivity index (χ3n) is 3.33. The topological polar surface area (TPSA) is 86.8 Å². The van der Waals surface area contributed by atoms with Crippen molar-refractivity contribution in [3.63, 3.8) is 0 Å². The van der Waals surface area contributed by atoms with E-state index >= 15 is 0 Å². The van der Waals surface area contributed by atoms with Gasteiger partial charge in [0.1, 0.15) is 13.2 Å². The van der Waals surface area contributed by atoms with Crippen LogP contribution in [0.3, 0.4) is 0 Å². The molecule has 24 heavy (non-hydrogen) atoms. The van der Waals surface area contributed by atoms with Crippen molar-refractivity contribution in [2.75, 3.05) is 19.8 Å². The molecule has 1 N–H and O–H groups in total. The largest absolute Gasteiger partial charge is 0.485 e. The number of nitrogens with one attached hydrogen (secondary N) is 1. The molecule has 7 heteroatoms. The number of ether oxygens (including phenoxy) is 3. The molecule has 7 nitrogen and oxygen atoms in total. The van der Waals surface area contributed by atoms with E-state index in [0.717, 1.165) is 0 Å². The molecule has 1 atom stereocenters. The molecular formula is C17H16N2O5. The van der Waals surface area contributed by atoms with Crippen molar-refractivity contribution in [1.29, 1.82) is 0 Å². The highest BCUT2D eigenvalue weighted by atomic mass is 16.6. The van der Waals surface area contributed by atoms with Crippen LogP contribution in [0.5, 0.6) is 11.5 Å². The number of carbonyl (C=O) groups excluding carboxylic acids is 2. The summed E-state index contributed by atoms with van der Waals surface area (Å²) in [7, 11) is 0. The van der Waals surface area contributed by atoms with Crippen LogP contribution in [0.1, 0.15) is 10.4 Å². The number of nitrogens with zero attached hydrogens (tertiary/aromatic N) is 1. The molecule has 1 amide bonds. The van der Waals surface area contributed by atoms with Gasteiger partial charge in [-0.25, -0.2) is 4.79 Å². The first kappa shape index (κ1) is 15.8. The fraction of sp³-hybridized carbons (Fsp3) is 0.235. The Morgan fingerprint density at radius 3 is 2.83 bits per heavy atom. The van der Waals surface area contributed by atoms with Crippen LogP contribution in [0.25, 0.3) is 0 Å². The quantitative estimate of drug-likeness (QED) is 0.655. The molecule has 2 aromatic rings. The fourth-order valence-corrected chi connectivity index (χ4v) is 2.14. The van der Waals surface area contributed by atoms with Crippen LogP contribution in [0.4, 0.5) is 0 Å². The predicted octanol–water partition coefficient (Wildman–Crippen LogP) is 1.19. The number of fused-ring (bicyclic) bond motifs is 1. The zero-order valence-electron chi connectivity index (χ0n) is 12.8. The molecule has 1 aromatic carbocycles. The lowest BCUT2D eigenvalue weighted by molar-refractivity contribution is -0.154. The summed E-state index contributed by atoms with van der Waals surface area (Å²) in [5, 5.41) is 2.64. The van der Waals surface area contributed by atoms with E-state index in [2.05, 4.69) is 10.3 Å². The molecule has 0 fully saturated rings. The highest BCUT2D eigenvalue weighted by Gasteiger charge is 2.28. The molecule has 1 aromatic heterocycles. The van der Waals surface area contributed by atoms with Gasteiger partial charge in [0.05, 0.1) is 12.1 Å². The Morgan fingerprint density at radius 2 is 2.04 bits per heavy atom. The van der Waals surface area contributed by atoms with Gasteiger partial charge in [-0.05, 0) is 24.3 Å². The van der Waals surface area contributed by atoms with Crippen LogP contribution < -0.4 is 14.8 Å². The van der Waals surface area contributed by atoms with Gasteiger partial charge in [0.2, 0.25) is 6.10 Å². The Hall–Kier alpha value is -3.09. The second kappa shape index (κ2) is 7.45. The molecule has 0 saturated heterocycles. The molecule has 0 radical (unpaired) electrons. The molecule has 1 aliphatic heterocycles. The number of hydrogen-bond donors (Lipinski definition) is 1. The van der Waals surface area contributed by atoms with Gasteiger partial charge in [-0.2, -0.15) is 0 Å². The molecule has 0 spiro atoms. The van der Waals surface area contributed by atoms with Gasteiger partial charge in [0.25, 0.3) is 5.91 Å². The average Bonchev–Trinajstić information content (AvgIpc) is 2.65. The van der Waals surface area contributed by atoms with Crippen molar-refractivity contribution < 1.29 is 23.8 Å². The maximum absolute atomic E-state index is 12.0. The maximum atomic E-state index is 12.0. The summed E-state index contributed by atoms with van der Waals surface area (Å²) >= 11 is 0. The van der Waals surface area contributed by atoms with E-state index in [1.807, 2.05) is 6.07 Å². The Bertz CT molecular complexity index is 720. The predicted molar refractivity (Wildman–Crippen MR) is 83.9 cm³/mol. The van der Waals surface area contributed by atoms with E-state index in [1.54, 1.807) is 36.5 Å². The maximum Gasteiger partial charge on any atom is 0.351 e. The minimum absolute atomic E-state index is 0.0480. The van der Waals surface area contributed by atoms with Gasteiger partial charge < -0.3 is 19.5 Å². The summed E-state index contributed by atoms with van der Waals surface area (Å²) in [5.41, 5.74) is 0.449. The lowest BCUT2D eigenvalue weighted by Crippen LogP contribution is -2.39. The van der Waals surface area contributed by atoms with E-state index in [-0.39, 0.29) is 25.7 Å². The van der Waals surface area contributed by atoms with E-state index in [4.69, 9.17) is 14.2 Å². The summed E-state index contributed by atoms with van der Waals surface area (Å²) in [5.74, 6) is 0.311. The van der Waals surface area contributed by atoms with Gasteiger partial charge in [0, 0.05) is 12.4 Å². The third-order valence-corrected chi connectivity index (χ3v) is 3.33. The number of rotatable bonds is 5. The normalized spacial score (nSPS) is 15.4. The van der Waals surface area contributed by atoms with Crippen molar-refractivity contribution >= 4 is 11.9 Å². The molecular weight excluding hydrogens is 312 g/mol. The first-order valence-electron chi connectivity index (χ1n) is 7.47. The van der Waals surface area contributed by atoms with Gasteiger partial charge in [-0.3, -0.25) is 9.78 Å². The van der Waals surface area contributed by atoms with Crippen LogP contribution in [0.2, 0.25) is 0 Å². The summed E-state index contributed by atoms with van der Waals surface area (Å²) in [6.45, 7) is 0.341. The molecule has 0 aliphatic carbocycles. The molecule has 0 bridgehead atoms. The number of esters is 1. The van der Waals surface area contributed by atoms with Crippen LogP contribution in [0, 0.1) is 0 Å². The lowest BCUT2D eigenvalue weighted by Gasteiger charge is -2.24. The number of aromatic nitrogens is 1. The average molecular weight is 328 g/mol. The Morgan fingerprint density at radius 1 is 1.21 bits per heavy atom. The lowest BCUT2D eigenvalue weighted by atomic mass is 10.2. The molecule has 0 unspecified atom stereocenters. The van der Waals surface area contributed by atoms with Crippen LogP contribution in [0.15, 0.2) is 48.8 Å². The Kier molecular flexibility index (Phi) is 4.90. The second-order valence-corrected chi connectivity index (χ2v) is 5.03. The van der Waals surface area contributed by atoms with Gasteiger partial charge >= 0.3 is 5.97 Å². The Labute approximate surface area is 138 Å². The highest BCUT2D eigenvalue weighted by Crippen LogP contribution is 2.31. The first-order chi connectivity index (χ1) is 11.7. The monoisotopic (exact) mass is 328 g/mol. The molecule has 2 heterocycles.